The summed E-state index contributed by atoms with van der Waals surface area (Å²) in [6.07, 6.45) is 0.471. The molecule has 0 bridgehead atoms. The van der Waals surface area contributed by atoms with Crippen LogP contribution >= 0.6 is 34.8 Å². The summed E-state index contributed by atoms with van der Waals surface area (Å²) in [6.45, 7) is 2.17. The van der Waals surface area contributed by atoms with Crippen molar-refractivity contribution in [3.05, 3.63) is 28.8 Å². The van der Waals surface area contributed by atoms with Gasteiger partial charge in [0.1, 0.15) is 10.1 Å². The minimum absolute atomic E-state index is 0.0791. The Morgan fingerprint density at radius 2 is 2.05 bits per heavy atom. The number of halogens is 3. The summed E-state index contributed by atoms with van der Waals surface area (Å²) in [4.78, 5) is 14.0. The summed E-state index contributed by atoms with van der Waals surface area (Å²) in [7, 11) is 3.30. The number of hydrogen-bond donors (Lipinski definition) is 0. The molecule has 0 N–H and O–H groups in total. The topological polar surface area (TPSA) is 29.5 Å². The molecule has 1 aromatic rings. The minimum Gasteiger partial charge on any atom is -0.496 e. The largest absolute Gasteiger partial charge is 0.496 e. The molecule has 0 saturated heterocycles. The van der Waals surface area contributed by atoms with Crippen molar-refractivity contribution in [2.75, 3.05) is 14.2 Å². The number of rotatable bonds is 4. The van der Waals surface area contributed by atoms with Crippen molar-refractivity contribution in [3.8, 4) is 5.75 Å². The molecule has 0 spiro atoms. The van der Waals surface area contributed by atoms with E-state index in [0.29, 0.717) is 23.7 Å². The van der Waals surface area contributed by atoms with E-state index in [1.807, 2.05) is 0 Å². The second-order valence-corrected chi connectivity index (χ2v) is 7.25. The van der Waals surface area contributed by atoms with Crippen LogP contribution in [-0.2, 0) is 11.3 Å². The molecule has 3 nitrogen and oxygen atoms in total. The van der Waals surface area contributed by atoms with Crippen molar-refractivity contribution in [1.82, 2.24) is 4.90 Å². The van der Waals surface area contributed by atoms with E-state index in [1.54, 1.807) is 44.2 Å². The van der Waals surface area contributed by atoms with Crippen molar-refractivity contribution in [3.63, 3.8) is 0 Å². The van der Waals surface area contributed by atoms with E-state index in [2.05, 4.69) is 0 Å². The van der Waals surface area contributed by atoms with Crippen LogP contribution < -0.4 is 4.74 Å². The lowest BCUT2D eigenvalue weighted by molar-refractivity contribution is -0.135. The van der Waals surface area contributed by atoms with Gasteiger partial charge in [0.15, 0.2) is 0 Å². The molecule has 1 atom stereocenters. The SMILES string of the molecule is COc1ccc(Cl)cc1CN(C)C(=O)C1(C)CC1(Cl)Cl. The zero-order valence-electron chi connectivity index (χ0n) is 11.5. The highest BCUT2D eigenvalue weighted by atomic mass is 35.5. The summed E-state index contributed by atoms with van der Waals surface area (Å²) < 4.78 is 4.31. The van der Waals surface area contributed by atoms with Crippen LogP contribution in [0.4, 0.5) is 0 Å². The van der Waals surface area contributed by atoms with Crippen LogP contribution in [0, 0.1) is 5.41 Å². The Labute approximate surface area is 133 Å². The number of alkyl halides is 2. The van der Waals surface area contributed by atoms with E-state index < -0.39 is 9.75 Å². The van der Waals surface area contributed by atoms with Crippen LogP contribution in [0.1, 0.15) is 18.9 Å². The van der Waals surface area contributed by atoms with Crippen LogP contribution in [0.15, 0.2) is 18.2 Å². The molecule has 0 aliphatic heterocycles. The average molecular weight is 337 g/mol. The molecule has 1 saturated carbocycles. The molecule has 1 fully saturated rings. The monoisotopic (exact) mass is 335 g/mol. The van der Waals surface area contributed by atoms with Crippen LogP contribution in [0.25, 0.3) is 0 Å². The van der Waals surface area contributed by atoms with E-state index in [4.69, 9.17) is 39.5 Å². The first-order valence-electron chi connectivity index (χ1n) is 6.17. The van der Waals surface area contributed by atoms with Gasteiger partial charge < -0.3 is 9.64 Å². The highest BCUT2D eigenvalue weighted by molar-refractivity contribution is 6.53. The van der Waals surface area contributed by atoms with Crippen molar-refractivity contribution >= 4 is 40.7 Å². The van der Waals surface area contributed by atoms with Crippen molar-refractivity contribution < 1.29 is 9.53 Å². The van der Waals surface area contributed by atoms with Gasteiger partial charge >= 0.3 is 0 Å². The quantitative estimate of drug-likeness (QED) is 0.781. The highest BCUT2D eigenvalue weighted by Crippen LogP contribution is 2.64. The molecule has 0 radical (unpaired) electrons. The maximum atomic E-state index is 12.4. The van der Waals surface area contributed by atoms with Gasteiger partial charge in [0, 0.05) is 24.2 Å². The van der Waals surface area contributed by atoms with Gasteiger partial charge in [-0.15, -0.1) is 23.2 Å². The predicted octanol–water partition coefficient (Wildman–Crippen LogP) is 3.89. The summed E-state index contributed by atoms with van der Waals surface area (Å²) in [6, 6.07) is 5.31. The average Bonchev–Trinajstić information content (AvgIpc) is 2.89. The normalized spacial score (nSPS) is 23.3. The molecule has 2 rings (SSSR count). The molecular weight excluding hydrogens is 321 g/mol. The highest BCUT2D eigenvalue weighted by Gasteiger charge is 2.68. The van der Waals surface area contributed by atoms with E-state index in [9.17, 15) is 4.79 Å². The van der Waals surface area contributed by atoms with Gasteiger partial charge in [-0.05, 0) is 31.5 Å². The number of amides is 1. The first kappa shape index (κ1) is 15.7. The van der Waals surface area contributed by atoms with Gasteiger partial charge in [0.2, 0.25) is 5.91 Å². The van der Waals surface area contributed by atoms with E-state index in [1.165, 1.54) is 0 Å². The van der Waals surface area contributed by atoms with Gasteiger partial charge in [0.05, 0.1) is 12.5 Å². The summed E-state index contributed by atoms with van der Waals surface area (Å²) >= 11 is 18.1. The Bertz CT molecular complexity index is 547. The van der Waals surface area contributed by atoms with Gasteiger partial charge in [-0.2, -0.15) is 0 Å². The van der Waals surface area contributed by atoms with Crippen LogP contribution in [-0.4, -0.2) is 29.3 Å². The number of hydrogen-bond acceptors (Lipinski definition) is 2. The molecule has 20 heavy (non-hydrogen) atoms. The fraction of sp³-hybridized carbons (Fsp3) is 0.500. The molecule has 1 aliphatic rings. The number of carbonyl (C=O) groups is 1. The smallest absolute Gasteiger partial charge is 0.231 e. The lowest BCUT2D eigenvalue weighted by Crippen LogP contribution is -2.34. The summed E-state index contributed by atoms with van der Waals surface area (Å²) in [5.41, 5.74) is 0.131. The third-order valence-corrected chi connectivity index (χ3v) is 5.06. The number of methoxy groups -OCH3 is 1. The van der Waals surface area contributed by atoms with Gasteiger partial charge in [-0.3, -0.25) is 4.79 Å². The molecule has 1 amide bonds. The maximum absolute atomic E-state index is 12.4. The standard InChI is InChI=1S/C14H16Cl3NO2/c1-13(8-14(13,16)17)12(19)18(2)7-9-6-10(15)4-5-11(9)20-3/h4-6H,7-8H2,1-3H3. The number of carbonyl (C=O) groups excluding carboxylic acids is 1. The Kier molecular flexibility index (Phi) is 4.16. The second kappa shape index (κ2) is 5.28. The Balaban J connectivity index is 2.15. The van der Waals surface area contributed by atoms with Crippen LogP contribution in [0.2, 0.25) is 5.02 Å². The molecule has 0 aromatic heterocycles. The Morgan fingerprint density at radius 3 is 2.55 bits per heavy atom. The summed E-state index contributed by atoms with van der Waals surface area (Å²) in [5.74, 6) is 0.613. The number of benzene rings is 1. The second-order valence-electron chi connectivity index (χ2n) is 5.33. The van der Waals surface area contributed by atoms with Crippen LogP contribution in [0.5, 0.6) is 5.75 Å². The number of nitrogens with zero attached hydrogens (tertiary/aromatic N) is 1. The zero-order valence-corrected chi connectivity index (χ0v) is 13.8. The van der Waals surface area contributed by atoms with E-state index in [-0.39, 0.29) is 5.91 Å². The Hall–Kier alpha value is -0.640. The molecule has 1 aromatic carbocycles. The predicted molar refractivity (Wildman–Crippen MR) is 81.6 cm³/mol. The first-order valence-corrected chi connectivity index (χ1v) is 7.30. The molecule has 1 unspecified atom stereocenters. The lowest BCUT2D eigenvalue weighted by Gasteiger charge is -2.23. The fourth-order valence-corrected chi connectivity index (χ4v) is 3.14. The van der Waals surface area contributed by atoms with Crippen LogP contribution in [0.3, 0.4) is 0 Å². The molecule has 1 aliphatic carbocycles. The van der Waals surface area contributed by atoms with Gasteiger partial charge in [0.25, 0.3) is 0 Å². The van der Waals surface area contributed by atoms with E-state index in [0.717, 1.165) is 5.56 Å². The molecular formula is C14H16Cl3NO2. The van der Waals surface area contributed by atoms with Crippen molar-refractivity contribution in [2.45, 2.75) is 24.2 Å². The van der Waals surface area contributed by atoms with Crippen molar-refractivity contribution in [1.29, 1.82) is 0 Å². The minimum atomic E-state index is -0.962. The lowest BCUT2D eigenvalue weighted by atomic mass is 10.1. The van der Waals surface area contributed by atoms with E-state index >= 15 is 0 Å². The Morgan fingerprint density at radius 1 is 1.45 bits per heavy atom. The maximum Gasteiger partial charge on any atom is 0.231 e. The molecule has 110 valence electrons. The number of ether oxygens (including phenoxy) is 1. The molecule has 6 heteroatoms. The third kappa shape index (κ3) is 2.72. The van der Waals surface area contributed by atoms with Crippen molar-refractivity contribution in [2.24, 2.45) is 5.41 Å². The summed E-state index contributed by atoms with van der Waals surface area (Å²) in [5, 5.41) is 0.600. The molecule has 0 heterocycles. The fourth-order valence-electron chi connectivity index (χ4n) is 2.25. The van der Waals surface area contributed by atoms with Gasteiger partial charge in [-0.25, -0.2) is 0 Å². The zero-order chi connectivity index (χ0) is 15.1. The first-order chi connectivity index (χ1) is 9.21. The third-order valence-electron chi connectivity index (χ3n) is 3.73. The van der Waals surface area contributed by atoms with Gasteiger partial charge in [-0.1, -0.05) is 11.6 Å².